The zero-order valence-corrected chi connectivity index (χ0v) is 11.9. The molecule has 0 saturated heterocycles. The molecule has 0 amide bonds. The second-order valence-corrected chi connectivity index (χ2v) is 5.99. The number of para-hydroxylation sites is 1. The van der Waals surface area contributed by atoms with Gasteiger partial charge in [-0.05, 0) is 36.5 Å². The molecule has 102 valence electrons. The number of hydrogen-bond acceptors (Lipinski definition) is 2. The van der Waals surface area contributed by atoms with E-state index in [1.54, 1.807) is 0 Å². The zero-order chi connectivity index (χ0) is 13.9. The van der Waals surface area contributed by atoms with Crippen molar-refractivity contribution in [3.63, 3.8) is 0 Å². The van der Waals surface area contributed by atoms with E-state index in [1.165, 1.54) is 0 Å². The third kappa shape index (κ3) is 3.44. The summed E-state index contributed by atoms with van der Waals surface area (Å²) in [6, 6.07) is 12.1. The molecule has 2 aromatic rings. The van der Waals surface area contributed by atoms with Gasteiger partial charge in [0.05, 0.1) is 11.8 Å². The fraction of sp³-hybridized carbons (Fsp3) is 0.438. The summed E-state index contributed by atoms with van der Waals surface area (Å²) in [4.78, 5) is 0. The van der Waals surface area contributed by atoms with Crippen molar-refractivity contribution >= 4 is 0 Å². The van der Waals surface area contributed by atoms with E-state index < -0.39 is 0 Å². The van der Waals surface area contributed by atoms with Crippen molar-refractivity contribution < 1.29 is 5.11 Å². The maximum absolute atomic E-state index is 10.1. The van der Waals surface area contributed by atoms with Crippen LogP contribution in [0.5, 0.6) is 0 Å². The highest BCUT2D eigenvalue weighted by atomic mass is 16.3. The third-order valence-electron chi connectivity index (χ3n) is 3.40. The lowest BCUT2D eigenvalue weighted by Crippen LogP contribution is -2.26. The first kappa shape index (κ1) is 13.8. The van der Waals surface area contributed by atoms with Gasteiger partial charge in [-0.1, -0.05) is 39.0 Å². The molecular weight excluding hydrogens is 236 g/mol. The summed E-state index contributed by atoms with van der Waals surface area (Å²) in [6.07, 6.45) is 3.09. The summed E-state index contributed by atoms with van der Waals surface area (Å²) in [5.41, 5.74) is 2.12. The van der Waals surface area contributed by atoms with Crippen LogP contribution >= 0.6 is 0 Å². The second kappa shape index (κ2) is 5.57. The van der Waals surface area contributed by atoms with Crippen LogP contribution in [0.3, 0.4) is 0 Å². The summed E-state index contributed by atoms with van der Waals surface area (Å²) >= 11 is 0. The molecule has 0 aliphatic heterocycles. The van der Waals surface area contributed by atoms with Gasteiger partial charge in [0, 0.05) is 11.9 Å². The number of aliphatic hydroxyl groups excluding tert-OH is 1. The molecule has 2 rings (SSSR count). The van der Waals surface area contributed by atoms with Crippen LogP contribution in [0, 0.1) is 5.41 Å². The Bertz CT molecular complexity index is 511. The Morgan fingerprint density at radius 3 is 2.47 bits per heavy atom. The predicted molar refractivity (Wildman–Crippen MR) is 77.3 cm³/mol. The Morgan fingerprint density at radius 1 is 1.16 bits per heavy atom. The number of aromatic nitrogens is 2. The second-order valence-electron chi connectivity index (χ2n) is 5.99. The van der Waals surface area contributed by atoms with E-state index in [1.807, 2.05) is 47.3 Å². The monoisotopic (exact) mass is 258 g/mol. The molecule has 19 heavy (non-hydrogen) atoms. The summed E-state index contributed by atoms with van der Waals surface area (Å²) in [7, 11) is 0. The fourth-order valence-corrected chi connectivity index (χ4v) is 2.04. The summed E-state index contributed by atoms with van der Waals surface area (Å²) < 4.78 is 1.94. The van der Waals surface area contributed by atoms with Crippen LogP contribution in [0.4, 0.5) is 0 Å². The van der Waals surface area contributed by atoms with Crippen LogP contribution in [0.25, 0.3) is 5.69 Å². The molecule has 1 aromatic carbocycles. The molecule has 1 atom stereocenters. The minimum atomic E-state index is -0.299. The molecule has 3 nitrogen and oxygen atoms in total. The van der Waals surface area contributed by atoms with Gasteiger partial charge in [0.2, 0.25) is 0 Å². The lowest BCUT2D eigenvalue weighted by molar-refractivity contribution is 0.0556. The molecule has 0 aliphatic carbocycles. The van der Waals surface area contributed by atoms with Crippen LogP contribution in [0.2, 0.25) is 0 Å². The quantitative estimate of drug-likeness (QED) is 0.914. The fourth-order valence-electron chi connectivity index (χ4n) is 2.04. The molecule has 0 bridgehead atoms. The highest BCUT2D eigenvalue weighted by molar-refractivity contribution is 5.32. The maximum atomic E-state index is 10.1. The van der Waals surface area contributed by atoms with Crippen molar-refractivity contribution in [3.05, 3.63) is 48.3 Å². The van der Waals surface area contributed by atoms with Crippen molar-refractivity contribution in [1.82, 2.24) is 9.78 Å². The van der Waals surface area contributed by atoms with Gasteiger partial charge in [-0.15, -0.1) is 0 Å². The average Bonchev–Trinajstić information content (AvgIpc) is 2.84. The van der Waals surface area contributed by atoms with E-state index in [4.69, 9.17) is 0 Å². The molecule has 0 spiro atoms. The number of hydrogen-bond donors (Lipinski definition) is 1. The van der Waals surface area contributed by atoms with Crippen molar-refractivity contribution in [2.24, 2.45) is 5.41 Å². The minimum absolute atomic E-state index is 0.0718. The molecule has 1 unspecified atom stereocenters. The molecular formula is C16H22N2O. The molecule has 1 aromatic heterocycles. The number of aliphatic hydroxyl groups is 1. The Kier molecular flexibility index (Phi) is 4.05. The lowest BCUT2D eigenvalue weighted by Gasteiger charge is -2.25. The van der Waals surface area contributed by atoms with E-state index in [0.29, 0.717) is 0 Å². The van der Waals surface area contributed by atoms with Crippen LogP contribution in [0.15, 0.2) is 42.6 Å². The summed E-state index contributed by atoms with van der Waals surface area (Å²) in [6.45, 7) is 6.18. The third-order valence-corrected chi connectivity index (χ3v) is 3.40. The Balaban J connectivity index is 2.09. The summed E-state index contributed by atoms with van der Waals surface area (Å²) in [5.74, 6) is 0. The van der Waals surface area contributed by atoms with Crippen molar-refractivity contribution in [3.8, 4) is 5.69 Å². The van der Waals surface area contributed by atoms with E-state index in [-0.39, 0.29) is 11.5 Å². The smallest absolute Gasteiger partial charge is 0.0648 e. The predicted octanol–water partition coefficient (Wildman–Crippen LogP) is 3.21. The Hall–Kier alpha value is -1.61. The molecule has 1 N–H and O–H groups in total. The van der Waals surface area contributed by atoms with Gasteiger partial charge in [-0.25, -0.2) is 4.68 Å². The molecule has 0 aliphatic rings. The van der Waals surface area contributed by atoms with Gasteiger partial charge >= 0.3 is 0 Å². The molecule has 3 heteroatoms. The van der Waals surface area contributed by atoms with Crippen molar-refractivity contribution in [1.29, 1.82) is 0 Å². The van der Waals surface area contributed by atoms with Gasteiger partial charge < -0.3 is 5.11 Å². The van der Waals surface area contributed by atoms with Gasteiger partial charge in [0.15, 0.2) is 0 Å². The lowest BCUT2D eigenvalue weighted by atomic mass is 9.86. The first-order valence-corrected chi connectivity index (χ1v) is 6.75. The van der Waals surface area contributed by atoms with Crippen LogP contribution < -0.4 is 0 Å². The first-order valence-electron chi connectivity index (χ1n) is 6.75. The molecule has 1 heterocycles. The van der Waals surface area contributed by atoms with Gasteiger partial charge in [-0.3, -0.25) is 0 Å². The number of nitrogens with zero attached hydrogens (tertiary/aromatic N) is 2. The number of benzene rings is 1. The molecule has 0 saturated carbocycles. The van der Waals surface area contributed by atoms with E-state index in [0.717, 1.165) is 24.2 Å². The van der Waals surface area contributed by atoms with Crippen LogP contribution in [-0.4, -0.2) is 21.0 Å². The SMILES string of the molecule is CC(C)(C)C(O)CCc1ccnn1-c1ccccc1. The first-order chi connectivity index (χ1) is 8.98. The van der Waals surface area contributed by atoms with Crippen molar-refractivity contribution in [2.75, 3.05) is 0 Å². The highest BCUT2D eigenvalue weighted by Crippen LogP contribution is 2.23. The zero-order valence-electron chi connectivity index (χ0n) is 11.9. The van der Waals surface area contributed by atoms with Crippen LogP contribution in [-0.2, 0) is 6.42 Å². The van der Waals surface area contributed by atoms with Crippen molar-refractivity contribution in [2.45, 2.75) is 39.7 Å². The highest BCUT2D eigenvalue weighted by Gasteiger charge is 2.22. The van der Waals surface area contributed by atoms with Gasteiger partial charge in [0.1, 0.15) is 0 Å². The maximum Gasteiger partial charge on any atom is 0.0648 e. The largest absolute Gasteiger partial charge is 0.393 e. The normalized spacial score (nSPS) is 13.5. The average molecular weight is 258 g/mol. The molecule has 0 fully saturated rings. The minimum Gasteiger partial charge on any atom is -0.393 e. The molecule has 0 radical (unpaired) electrons. The van der Waals surface area contributed by atoms with E-state index in [9.17, 15) is 5.11 Å². The summed E-state index contributed by atoms with van der Waals surface area (Å²) in [5, 5.41) is 14.5. The van der Waals surface area contributed by atoms with Crippen LogP contribution in [0.1, 0.15) is 32.9 Å². The number of rotatable bonds is 4. The van der Waals surface area contributed by atoms with E-state index in [2.05, 4.69) is 25.9 Å². The van der Waals surface area contributed by atoms with Gasteiger partial charge in [0.25, 0.3) is 0 Å². The number of aryl methyl sites for hydroxylation is 1. The Morgan fingerprint density at radius 2 is 1.84 bits per heavy atom. The topological polar surface area (TPSA) is 38.1 Å². The Labute approximate surface area is 114 Å². The van der Waals surface area contributed by atoms with E-state index >= 15 is 0 Å². The van der Waals surface area contributed by atoms with Gasteiger partial charge in [-0.2, -0.15) is 5.10 Å². The standard InChI is InChI=1S/C16H22N2O/c1-16(2,3)15(19)10-9-14-11-12-17-18(14)13-7-5-4-6-8-13/h4-8,11-12,15,19H,9-10H2,1-3H3.